The zero-order chi connectivity index (χ0) is 17.8. The molecule has 3 rings (SSSR count). The molecule has 2 aliphatic heterocycles. The van der Waals surface area contributed by atoms with E-state index in [0.29, 0.717) is 31.7 Å². The van der Waals surface area contributed by atoms with Gasteiger partial charge in [-0.2, -0.15) is 0 Å². The molecule has 0 aromatic heterocycles. The van der Waals surface area contributed by atoms with Crippen molar-refractivity contribution in [2.45, 2.75) is 26.2 Å². The van der Waals surface area contributed by atoms with E-state index in [9.17, 15) is 9.59 Å². The van der Waals surface area contributed by atoms with Crippen molar-refractivity contribution in [1.29, 1.82) is 0 Å². The van der Waals surface area contributed by atoms with Crippen molar-refractivity contribution in [1.82, 2.24) is 14.7 Å². The molecule has 2 fully saturated rings. The number of nitrogens with zero attached hydrogens (tertiary/aromatic N) is 3. The Morgan fingerprint density at radius 3 is 2.12 bits per heavy atom. The number of carbonyl (C=O) groups is 2. The number of piperazine rings is 1. The molecular weight excluding hydrogens is 318 g/mol. The summed E-state index contributed by atoms with van der Waals surface area (Å²) in [6.07, 6.45) is 3.41. The van der Waals surface area contributed by atoms with Crippen LogP contribution in [0, 0.1) is 6.92 Å². The van der Waals surface area contributed by atoms with Gasteiger partial charge in [-0.1, -0.05) is 6.07 Å². The van der Waals surface area contributed by atoms with Gasteiger partial charge in [0.15, 0.2) is 0 Å². The van der Waals surface area contributed by atoms with E-state index in [1.54, 1.807) is 13.2 Å². The van der Waals surface area contributed by atoms with Crippen molar-refractivity contribution in [2.24, 2.45) is 0 Å². The van der Waals surface area contributed by atoms with Crippen molar-refractivity contribution in [3.8, 4) is 5.75 Å². The van der Waals surface area contributed by atoms with Gasteiger partial charge in [-0.3, -0.25) is 4.79 Å². The van der Waals surface area contributed by atoms with Gasteiger partial charge in [0.2, 0.25) is 0 Å². The number of ether oxygens (including phenoxy) is 1. The average molecular weight is 345 g/mol. The van der Waals surface area contributed by atoms with E-state index in [1.165, 1.54) is 6.42 Å². The predicted molar refractivity (Wildman–Crippen MR) is 96.0 cm³/mol. The number of aryl methyl sites for hydroxylation is 1. The van der Waals surface area contributed by atoms with Crippen LogP contribution in [0.25, 0.3) is 0 Å². The summed E-state index contributed by atoms with van der Waals surface area (Å²) >= 11 is 0. The van der Waals surface area contributed by atoms with Crippen molar-refractivity contribution >= 4 is 11.9 Å². The first-order valence-electron chi connectivity index (χ1n) is 9.08. The molecular formula is C19H27N3O3. The van der Waals surface area contributed by atoms with E-state index in [4.69, 9.17) is 4.74 Å². The molecule has 0 spiro atoms. The molecule has 1 aromatic carbocycles. The normalized spacial score (nSPS) is 18.2. The molecule has 1 aromatic rings. The molecule has 0 radical (unpaired) electrons. The highest BCUT2D eigenvalue weighted by Gasteiger charge is 2.28. The van der Waals surface area contributed by atoms with Gasteiger partial charge in [0, 0.05) is 44.8 Å². The van der Waals surface area contributed by atoms with Crippen LogP contribution >= 0.6 is 0 Å². The fourth-order valence-electron chi connectivity index (χ4n) is 3.52. The molecule has 3 amide bonds. The van der Waals surface area contributed by atoms with Gasteiger partial charge in [-0.25, -0.2) is 4.79 Å². The summed E-state index contributed by atoms with van der Waals surface area (Å²) in [6.45, 7) is 6.04. The Balaban J connectivity index is 1.58. The van der Waals surface area contributed by atoms with Crippen molar-refractivity contribution < 1.29 is 14.3 Å². The van der Waals surface area contributed by atoms with Gasteiger partial charge in [0.25, 0.3) is 5.91 Å². The molecule has 2 saturated heterocycles. The molecule has 0 saturated carbocycles. The Labute approximate surface area is 149 Å². The number of likely N-dealkylation sites (tertiary alicyclic amines) is 1. The second-order valence-corrected chi connectivity index (χ2v) is 6.79. The predicted octanol–water partition coefficient (Wildman–Crippen LogP) is 2.37. The first kappa shape index (κ1) is 17.6. The number of methoxy groups -OCH3 is 1. The lowest BCUT2D eigenvalue weighted by molar-refractivity contribution is 0.0632. The van der Waals surface area contributed by atoms with Crippen LogP contribution in [-0.2, 0) is 0 Å². The van der Waals surface area contributed by atoms with Crippen LogP contribution in [0.15, 0.2) is 18.2 Å². The summed E-state index contributed by atoms with van der Waals surface area (Å²) in [4.78, 5) is 30.9. The van der Waals surface area contributed by atoms with Gasteiger partial charge < -0.3 is 19.4 Å². The number of hydrogen-bond acceptors (Lipinski definition) is 3. The van der Waals surface area contributed by atoms with Gasteiger partial charge in [0.1, 0.15) is 5.75 Å². The van der Waals surface area contributed by atoms with Gasteiger partial charge in [-0.15, -0.1) is 0 Å². The maximum Gasteiger partial charge on any atom is 0.320 e. The number of amides is 3. The summed E-state index contributed by atoms with van der Waals surface area (Å²) in [7, 11) is 1.61. The quantitative estimate of drug-likeness (QED) is 0.827. The average Bonchev–Trinajstić information content (AvgIpc) is 2.68. The summed E-state index contributed by atoms with van der Waals surface area (Å²) < 4.78 is 5.31. The number of benzene rings is 1. The van der Waals surface area contributed by atoms with Gasteiger partial charge in [-0.05, 0) is 43.9 Å². The fraction of sp³-hybridized carbons (Fsp3) is 0.579. The van der Waals surface area contributed by atoms with Crippen LogP contribution in [0.3, 0.4) is 0 Å². The summed E-state index contributed by atoms with van der Waals surface area (Å²) in [5.74, 6) is 0.730. The minimum Gasteiger partial charge on any atom is -0.496 e. The molecule has 0 aliphatic carbocycles. The molecule has 136 valence electrons. The van der Waals surface area contributed by atoms with E-state index < -0.39 is 0 Å². The monoisotopic (exact) mass is 345 g/mol. The number of urea groups is 1. The van der Waals surface area contributed by atoms with E-state index in [2.05, 4.69) is 0 Å². The Kier molecular flexibility index (Phi) is 5.46. The fourth-order valence-corrected chi connectivity index (χ4v) is 3.52. The highest BCUT2D eigenvalue weighted by atomic mass is 16.5. The third-order valence-electron chi connectivity index (χ3n) is 5.12. The standard InChI is InChI=1S/C19H27N3O3/c1-15-6-7-16(14-17(15)25-2)18(23)20-10-12-22(13-11-20)19(24)21-8-4-3-5-9-21/h6-7,14H,3-5,8-13H2,1-2H3. The van der Waals surface area contributed by atoms with Gasteiger partial charge in [0.05, 0.1) is 7.11 Å². The summed E-state index contributed by atoms with van der Waals surface area (Å²) in [5.41, 5.74) is 1.65. The smallest absolute Gasteiger partial charge is 0.320 e. The van der Waals surface area contributed by atoms with E-state index in [-0.39, 0.29) is 11.9 Å². The molecule has 0 atom stereocenters. The molecule has 2 aliphatic rings. The van der Waals surface area contributed by atoms with E-state index >= 15 is 0 Å². The highest BCUT2D eigenvalue weighted by molar-refractivity contribution is 5.95. The Morgan fingerprint density at radius 2 is 1.48 bits per heavy atom. The van der Waals surface area contributed by atoms with Crippen LogP contribution in [0.2, 0.25) is 0 Å². The van der Waals surface area contributed by atoms with Crippen LogP contribution < -0.4 is 4.74 Å². The number of carbonyl (C=O) groups excluding carboxylic acids is 2. The van der Waals surface area contributed by atoms with E-state index in [1.807, 2.05) is 33.8 Å². The van der Waals surface area contributed by atoms with Crippen LogP contribution in [-0.4, -0.2) is 73.0 Å². The second-order valence-electron chi connectivity index (χ2n) is 6.79. The molecule has 25 heavy (non-hydrogen) atoms. The Bertz CT molecular complexity index is 633. The zero-order valence-electron chi connectivity index (χ0n) is 15.2. The first-order valence-corrected chi connectivity index (χ1v) is 9.08. The zero-order valence-corrected chi connectivity index (χ0v) is 15.2. The van der Waals surface area contributed by atoms with E-state index in [0.717, 1.165) is 37.2 Å². The maximum atomic E-state index is 12.7. The van der Waals surface area contributed by atoms with Crippen molar-refractivity contribution in [2.75, 3.05) is 46.4 Å². The number of rotatable bonds is 2. The largest absolute Gasteiger partial charge is 0.496 e. The number of hydrogen-bond donors (Lipinski definition) is 0. The Hall–Kier alpha value is -2.24. The first-order chi connectivity index (χ1) is 12.1. The highest BCUT2D eigenvalue weighted by Crippen LogP contribution is 2.21. The third kappa shape index (κ3) is 3.89. The summed E-state index contributed by atoms with van der Waals surface area (Å²) in [6, 6.07) is 5.67. The second kappa shape index (κ2) is 7.76. The van der Waals surface area contributed by atoms with Crippen LogP contribution in [0.4, 0.5) is 4.79 Å². The minimum absolute atomic E-state index is 0.00312. The molecule has 0 bridgehead atoms. The molecule has 6 nitrogen and oxygen atoms in total. The van der Waals surface area contributed by atoms with Crippen LogP contribution in [0.1, 0.15) is 35.2 Å². The SMILES string of the molecule is COc1cc(C(=O)N2CCN(C(=O)N3CCCCC3)CC2)ccc1C. The summed E-state index contributed by atoms with van der Waals surface area (Å²) in [5, 5.41) is 0. The number of piperidine rings is 1. The van der Waals surface area contributed by atoms with Crippen LogP contribution in [0.5, 0.6) is 5.75 Å². The Morgan fingerprint density at radius 1 is 0.880 bits per heavy atom. The van der Waals surface area contributed by atoms with Crippen molar-refractivity contribution in [3.63, 3.8) is 0 Å². The molecule has 6 heteroatoms. The van der Waals surface area contributed by atoms with Gasteiger partial charge >= 0.3 is 6.03 Å². The molecule has 0 N–H and O–H groups in total. The maximum absolute atomic E-state index is 12.7. The topological polar surface area (TPSA) is 53.1 Å². The minimum atomic E-state index is 0.00312. The van der Waals surface area contributed by atoms with Crippen molar-refractivity contribution in [3.05, 3.63) is 29.3 Å². The lowest BCUT2D eigenvalue weighted by atomic mass is 10.1. The third-order valence-corrected chi connectivity index (χ3v) is 5.12. The molecule has 2 heterocycles. The lowest BCUT2D eigenvalue weighted by Crippen LogP contribution is -2.54. The molecule has 0 unspecified atom stereocenters. The lowest BCUT2D eigenvalue weighted by Gasteiger charge is -2.38.